The number of piperazine rings is 1. The zero-order chi connectivity index (χ0) is 23.4. The molecule has 0 aliphatic carbocycles. The number of carbonyl (C=O) groups is 1. The van der Waals surface area contributed by atoms with Crippen LogP contribution in [-0.4, -0.2) is 49.7 Å². The number of anilines is 1. The van der Waals surface area contributed by atoms with Crippen molar-refractivity contribution >= 4 is 37.5 Å². The van der Waals surface area contributed by atoms with Gasteiger partial charge in [-0.05, 0) is 48.0 Å². The highest BCUT2D eigenvalue weighted by Crippen LogP contribution is 2.21. The van der Waals surface area contributed by atoms with Gasteiger partial charge >= 0.3 is 0 Å². The van der Waals surface area contributed by atoms with Crippen LogP contribution >= 0.6 is 15.9 Å². The van der Waals surface area contributed by atoms with E-state index >= 15 is 0 Å². The van der Waals surface area contributed by atoms with Crippen LogP contribution in [0.5, 0.6) is 0 Å². The molecular weight excluding hydrogens is 509 g/mol. The van der Waals surface area contributed by atoms with Crippen molar-refractivity contribution in [1.29, 1.82) is 0 Å². The number of rotatable bonds is 6. The van der Waals surface area contributed by atoms with E-state index in [1.807, 2.05) is 6.07 Å². The van der Waals surface area contributed by atoms with E-state index in [0.29, 0.717) is 47.7 Å². The first-order valence-electron chi connectivity index (χ1n) is 10.5. The van der Waals surface area contributed by atoms with Crippen molar-refractivity contribution in [3.8, 4) is 0 Å². The molecule has 0 aromatic heterocycles. The van der Waals surface area contributed by atoms with E-state index in [0.717, 1.165) is 5.56 Å². The molecule has 6 nitrogen and oxygen atoms in total. The molecule has 172 valence electrons. The Morgan fingerprint density at radius 3 is 2.36 bits per heavy atom. The maximum Gasteiger partial charge on any atom is 0.255 e. The number of halogens is 2. The minimum Gasteiger partial charge on any atom is -0.319 e. The number of amides is 1. The van der Waals surface area contributed by atoms with Crippen molar-refractivity contribution in [2.45, 2.75) is 11.4 Å². The van der Waals surface area contributed by atoms with E-state index in [4.69, 9.17) is 0 Å². The van der Waals surface area contributed by atoms with Crippen molar-refractivity contribution in [2.24, 2.45) is 0 Å². The normalized spacial score (nSPS) is 15.3. The molecule has 0 bridgehead atoms. The lowest BCUT2D eigenvalue weighted by atomic mass is 10.1. The Morgan fingerprint density at radius 2 is 1.67 bits per heavy atom. The standard InChI is InChI=1S/C24H23BrFN3O3S/c25-20-9-10-23(22(26)16-20)27-24(30)19-6-4-5-18(15-19)17-28-11-13-29(14-12-28)33(31,32)21-7-2-1-3-8-21/h1-10,15-16H,11-14,17H2,(H,27,30). The summed E-state index contributed by atoms with van der Waals surface area (Å²) in [4.78, 5) is 15.1. The van der Waals surface area contributed by atoms with Crippen molar-refractivity contribution in [3.63, 3.8) is 0 Å². The zero-order valence-corrected chi connectivity index (χ0v) is 20.1. The second-order valence-corrected chi connectivity index (χ2v) is 10.6. The molecule has 1 amide bonds. The van der Waals surface area contributed by atoms with Crippen LogP contribution in [0.1, 0.15) is 15.9 Å². The Balaban J connectivity index is 1.37. The quantitative estimate of drug-likeness (QED) is 0.513. The molecule has 1 heterocycles. The van der Waals surface area contributed by atoms with Gasteiger partial charge in [-0.1, -0.05) is 46.3 Å². The van der Waals surface area contributed by atoms with Crippen molar-refractivity contribution in [3.05, 3.63) is 94.2 Å². The summed E-state index contributed by atoms with van der Waals surface area (Å²) in [5.41, 5.74) is 1.47. The van der Waals surface area contributed by atoms with Gasteiger partial charge in [-0.2, -0.15) is 4.31 Å². The molecule has 1 saturated heterocycles. The topological polar surface area (TPSA) is 69.7 Å². The van der Waals surface area contributed by atoms with Crippen molar-refractivity contribution in [1.82, 2.24) is 9.21 Å². The Labute approximate surface area is 201 Å². The van der Waals surface area contributed by atoms with Crippen LogP contribution in [0.25, 0.3) is 0 Å². The molecule has 9 heteroatoms. The highest BCUT2D eigenvalue weighted by Gasteiger charge is 2.28. The monoisotopic (exact) mass is 531 g/mol. The minimum atomic E-state index is -3.49. The fourth-order valence-corrected chi connectivity index (χ4v) is 5.50. The van der Waals surface area contributed by atoms with Gasteiger partial charge < -0.3 is 5.32 Å². The number of hydrogen-bond donors (Lipinski definition) is 1. The summed E-state index contributed by atoms with van der Waals surface area (Å²) in [6.07, 6.45) is 0. The Kier molecular flexibility index (Phi) is 7.23. The summed E-state index contributed by atoms with van der Waals surface area (Å²) in [5.74, 6) is -0.908. The first-order chi connectivity index (χ1) is 15.8. The van der Waals surface area contributed by atoms with Crippen LogP contribution < -0.4 is 5.32 Å². The summed E-state index contributed by atoms with van der Waals surface area (Å²) >= 11 is 3.20. The number of carbonyl (C=O) groups excluding carboxylic acids is 1. The van der Waals surface area contributed by atoms with E-state index in [9.17, 15) is 17.6 Å². The molecule has 3 aromatic carbocycles. The van der Waals surface area contributed by atoms with Gasteiger partial charge in [0.1, 0.15) is 5.82 Å². The fourth-order valence-electron chi connectivity index (χ4n) is 3.72. The van der Waals surface area contributed by atoms with E-state index in [1.54, 1.807) is 54.6 Å². The van der Waals surface area contributed by atoms with Crippen LogP contribution in [0.3, 0.4) is 0 Å². The molecule has 1 fully saturated rings. The van der Waals surface area contributed by atoms with Crippen LogP contribution in [0.4, 0.5) is 10.1 Å². The minimum absolute atomic E-state index is 0.115. The van der Waals surface area contributed by atoms with Gasteiger partial charge in [-0.3, -0.25) is 9.69 Å². The second kappa shape index (κ2) is 10.1. The van der Waals surface area contributed by atoms with Gasteiger partial charge in [0, 0.05) is 42.8 Å². The molecule has 3 aromatic rings. The lowest BCUT2D eigenvalue weighted by Crippen LogP contribution is -2.48. The van der Waals surface area contributed by atoms with Crippen molar-refractivity contribution < 1.29 is 17.6 Å². The molecule has 0 unspecified atom stereocenters. The predicted molar refractivity (Wildman–Crippen MR) is 129 cm³/mol. The molecule has 0 spiro atoms. The van der Waals surface area contributed by atoms with E-state index in [2.05, 4.69) is 26.1 Å². The number of nitrogens with zero attached hydrogens (tertiary/aromatic N) is 2. The first-order valence-corrected chi connectivity index (χ1v) is 12.7. The van der Waals surface area contributed by atoms with Crippen LogP contribution in [-0.2, 0) is 16.6 Å². The number of nitrogens with one attached hydrogen (secondary N) is 1. The van der Waals surface area contributed by atoms with Gasteiger partial charge in [-0.25, -0.2) is 12.8 Å². The van der Waals surface area contributed by atoms with Crippen LogP contribution in [0.15, 0.2) is 82.2 Å². The van der Waals surface area contributed by atoms with Crippen molar-refractivity contribution in [2.75, 3.05) is 31.5 Å². The molecule has 1 aliphatic heterocycles. The maximum absolute atomic E-state index is 14.0. The third kappa shape index (κ3) is 5.67. The SMILES string of the molecule is O=C(Nc1ccc(Br)cc1F)c1cccc(CN2CCN(S(=O)(=O)c3ccccc3)CC2)c1. The molecule has 1 N–H and O–H groups in total. The molecule has 33 heavy (non-hydrogen) atoms. The molecule has 1 aliphatic rings. The first kappa shape index (κ1) is 23.6. The summed E-state index contributed by atoms with van der Waals surface area (Å²) < 4.78 is 41.7. The fraction of sp³-hybridized carbons (Fsp3) is 0.208. The number of benzene rings is 3. The van der Waals surface area contributed by atoms with Gasteiger partial charge in [0.25, 0.3) is 5.91 Å². The van der Waals surface area contributed by atoms with Crippen LogP contribution in [0, 0.1) is 5.82 Å². The Bertz CT molecular complexity index is 1250. The smallest absolute Gasteiger partial charge is 0.255 e. The Hall–Kier alpha value is -2.59. The molecule has 4 rings (SSSR count). The highest BCUT2D eigenvalue weighted by atomic mass is 79.9. The summed E-state index contributed by atoms with van der Waals surface area (Å²) in [5, 5.41) is 2.60. The van der Waals surface area contributed by atoms with Gasteiger partial charge in [0.15, 0.2) is 0 Å². The molecule has 0 radical (unpaired) electrons. The van der Waals surface area contributed by atoms with Gasteiger partial charge in [0.2, 0.25) is 10.0 Å². The zero-order valence-electron chi connectivity index (χ0n) is 17.7. The van der Waals surface area contributed by atoms with Gasteiger partial charge in [0.05, 0.1) is 10.6 Å². The molecular formula is C24H23BrFN3O3S. The number of hydrogen-bond acceptors (Lipinski definition) is 4. The lowest BCUT2D eigenvalue weighted by molar-refractivity contribution is 0.102. The Morgan fingerprint density at radius 1 is 0.939 bits per heavy atom. The predicted octanol–water partition coefficient (Wildman–Crippen LogP) is 4.35. The van der Waals surface area contributed by atoms with E-state index in [1.165, 1.54) is 16.4 Å². The third-order valence-corrected chi connectivity index (χ3v) is 7.89. The third-order valence-electron chi connectivity index (χ3n) is 5.49. The lowest BCUT2D eigenvalue weighted by Gasteiger charge is -2.34. The maximum atomic E-state index is 14.0. The van der Waals surface area contributed by atoms with E-state index < -0.39 is 21.7 Å². The summed E-state index contributed by atoms with van der Waals surface area (Å²) in [7, 11) is -3.49. The molecule has 0 saturated carbocycles. The average molecular weight is 532 g/mol. The van der Waals surface area contributed by atoms with Gasteiger partial charge in [-0.15, -0.1) is 0 Å². The summed E-state index contributed by atoms with van der Waals surface area (Å²) in [6.45, 7) is 2.58. The number of sulfonamides is 1. The molecule has 0 atom stereocenters. The highest BCUT2D eigenvalue weighted by molar-refractivity contribution is 9.10. The second-order valence-electron chi connectivity index (χ2n) is 7.77. The summed E-state index contributed by atoms with van der Waals surface area (Å²) in [6, 6.07) is 20.1. The average Bonchev–Trinajstić information content (AvgIpc) is 2.82. The van der Waals surface area contributed by atoms with E-state index in [-0.39, 0.29) is 5.69 Å². The largest absolute Gasteiger partial charge is 0.319 e. The van der Waals surface area contributed by atoms with Crippen LogP contribution in [0.2, 0.25) is 0 Å².